The third kappa shape index (κ3) is 3.46. The van der Waals surface area contributed by atoms with E-state index in [2.05, 4.69) is 44.8 Å². The van der Waals surface area contributed by atoms with Crippen LogP contribution in [0.1, 0.15) is 53.9 Å². The van der Waals surface area contributed by atoms with Crippen LogP contribution in [0.25, 0.3) is 0 Å². The molecule has 1 aliphatic heterocycles. The van der Waals surface area contributed by atoms with Crippen LogP contribution in [-0.2, 0) is 4.74 Å². The van der Waals surface area contributed by atoms with Gasteiger partial charge in [0.05, 0.1) is 0 Å². The van der Waals surface area contributed by atoms with Gasteiger partial charge in [-0.25, -0.2) is 0 Å². The van der Waals surface area contributed by atoms with Crippen LogP contribution >= 0.6 is 0 Å². The Kier molecular flexibility index (Phi) is 5.63. The Labute approximate surface area is 113 Å². The summed E-state index contributed by atoms with van der Waals surface area (Å²) in [5, 5.41) is 3.79. The number of ether oxygens (including phenoxy) is 1. The quantitative estimate of drug-likeness (QED) is 0.791. The zero-order valence-electron chi connectivity index (χ0n) is 13.2. The van der Waals surface area contributed by atoms with Crippen LogP contribution in [0.3, 0.4) is 0 Å². The SMILES string of the molecule is CCC1(CC)CN(C(C)CCOC)C(C)(C)CN1. The molecule has 1 heterocycles. The van der Waals surface area contributed by atoms with Crippen LogP contribution in [-0.4, -0.2) is 48.8 Å². The summed E-state index contributed by atoms with van der Waals surface area (Å²) in [7, 11) is 1.79. The topological polar surface area (TPSA) is 24.5 Å². The molecular formula is C15H32N2O. The largest absolute Gasteiger partial charge is 0.385 e. The zero-order valence-corrected chi connectivity index (χ0v) is 13.2. The van der Waals surface area contributed by atoms with Gasteiger partial charge in [0.15, 0.2) is 0 Å². The van der Waals surface area contributed by atoms with Crippen LogP contribution in [0, 0.1) is 0 Å². The lowest BCUT2D eigenvalue weighted by Crippen LogP contribution is -2.69. The molecule has 108 valence electrons. The standard InChI is InChI=1S/C15H32N2O/c1-7-15(8-2)12-17(13(3)9-10-18-6)14(4,5)11-16-15/h13,16H,7-12H2,1-6H3. The molecule has 0 aromatic heterocycles. The molecule has 0 aromatic rings. The summed E-state index contributed by atoms with van der Waals surface area (Å²) in [4.78, 5) is 2.68. The monoisotopic (exact) mass is 256 g/mol. The highest BCUT2D eigenvalue weighted by atomic mass is 16.5. The fraction of sp³-hybridized carbons (Fsp3) is 1.00. The third-order valence-electron chi connectivity index (χ3n) is 4.77. The Morgan fingerprint density at radius 2 is 1.89 bits per heavy atom. The summed E-state index contributed by atoms with van der Waals surface area (Å²) in [6, 6.07) is 0.583. The minimum atomic E-state index is 0.237. The number of hydrogen-bond donors (Lipinski definition) is 1. The average molecular weight is 256 g/mol. The molecule has 1 N–H and O–H groups in total. The van der Waals surface area contributed by atoms with Gasteiger partial charge >= 0.3 is 0 Å². The number of methoxy groups -OCH3 is 1. The van der Waals surface area contributed by atoms with Gasteiger partial charge in [0.2, 0.25) is 0 Å². The zero-order chi connectivity index (χ0) is 13.8. The summed E-state index contributed by atoms with van der Waals surface area (Å²) in [5.41, 5.74) is 0.540. The van der Waals surface area contributed by atoms with E-state index in [4.69, 9.17) is 4.74 Å². The molecule has 3 heteroatoms. The van der Waals surface area contributed by atoms with E-state index in [9.17, 15) is 0 Å². The molecule has 0 aliphatic carbocycles. The molecule has 0 spiro atoms. The van der Waals surface area contributed by atoms with Crippen molar-refractivity contribution < 1.29 is 4.74 Å². The van der Waals surface area contributed by atoms with E-state index in [-0.39, 0.29) is 5.54 Å². The second-order valence-electron chi connectivity index (χ2n) is 6.41. The summed E-state index contributed by atoms with van der Waals surface area (Å²) in [5.74, 6) is 0. The van der Waals surface area contributed by atoms with Crippen molar-refractivity contribution in [2.24, 2.45) is 0 Å². The second-order valence-corrected chi connectivity index (χ2v) is 6.41. The Balaban J connectivity index is 2.76. The molecule has 1 unspecified atom stereocenters. The first kappa shape index (κ1) is 15.9. The van der Waals surface area contributed by atoms with Crippen molar-refractivity contribution in [2.75, 3.05) is 26.8 Å². The average Bonchev–Trinajstić information content (AvgIpc) is 2.36. The van der Waals surface area contributed by atoms with E-state index in [1.54, 1.807) is 7.11 Å². The predicted octanol–water partition coefficient (Wildman–Crippen LogP) is 2.65. The lowest BCUT2D eigenvalue weighted by Gasteiger charge is -2.54. The molecule has 18 heavy (non-hydrogen) atoms. The first-order valence-electron chi connectivity index (χ1n) is 7.41. The van der Waals surface area contributed by atoms with Gasteiger partial charge in [-0.15, -0.1) is 0 Å². The lowest BCUT2D eigenvalue weighted by atomic mass is 9.83. The van der Waals surface area contributed by atoms with Crippen LogP contribution in [0.4, 0.5) is 0 Å². The van der Waals surface area contributed by atoms with Gasteiger partial charge in [-0.05, 0) is 40.0 Å². The Morgan fingerprint density at radius 3 is 2.39 bits per heavy atom. The van der Waals surface area contributed by atoms with Crippen molar-refractivity contribution in [3.05, 3.63) is 0 Å². The van der Waals surface area contributed by atoms with Crippen molar-refractivity contribution in [1.29, 1.82) is 0 Å². The van der Waals surface area contributed by atoms with Gasteiger partial charge in [-0.1, -0.05) is 13.8 Å². The number of nitrogens with zero attached hydrogens (tertiary/aromatic N) is 1. The van der Waals surface area contributed by atoms with Crippen molar-refractivity contribution in [2.45, 2.75) is 71.0 Å². The molecule has 0 radical (unpaired) electrons. The summed E-state index contributed by atoms with van der Waals surface area (Å²) < 4.78 is 5.23. The van der Waals surface area contributed by atoms with Crippen molar-refractivity contribution >= 4 is 0 Å². The highest BCUT2D eigenvalue weighted by molar-refractivity contribution is 5.02. The van der Waals surface area contributed by atoms with Gasteiger partial charge in [-0.2, -0.15) is 0 Å². The maximum absolute atomic E-state index is 5.23. The minimum Gasteiger partial charge on any atom is -0.385 e. The van der Waals surface area contributed by atoms with Crippen LogP contribution < -0.4 is 5.32 Å². The Bertz CT molecular complexity index is 249. The van der Waals surface area contributed by atoms with Gasteiger partial charge in [-0.3, -0.25) is 4.90 Å². The molecular weight excluding hydrogens is 224 g/mol. The second kappa shape index (κ2) is 6.36. The van der Waals surface area contributed by atoms with E-state index in [0.717, 1.165) is 26.1 Å². The van der Waals surface area contributed by atoms with Crippen molar-refractivity contribution in [3.8, 4) is 0 Å². The first-order valence-corrected chi connectivity index (χ1v) is 7.41. The smallest absolute Gasteiger partial charge is 0.0477 e. The van der Waals surface area contributed by atoms with E-state index in [0.29, 0.717) is 11.6 Å². The Morgan fingerprint density at radius 1 is 1.28 bits per heavy atom. The molecule has 1 rings (SSSR count). The van der Waals surface area contributed by atoms with Gasteiger partial charge in [0.1, 0.15) is 0 Å². The lowest BCUT2D eigenvalue weighted by molar-refractivity contribution is -0.0136. The fourth-order valence-corrected chi connectivity index (χ4v) is 3.02. The van der Waals surface area contributed by atoms with Gasteiger partial charge < -0.3 is 10.1 Å². The van der Waals surface area contributed by atoms with Crippen molar-refractivity contribution in [1.82, 2.24) is 10.2 Å². The Hall–Kier alpha value is -0.120. The van der Waals surface area contributed by atoms with E-state index in [1.807, 2.05) is 0 Å². The normalized spacial score (nSPS) is 25.0. The molecule has 0 amide bonds. The summed E-state index contributed by atoms with van der Waals surface area (Å²) >= 11 is 0. The maximum Gasteiger partial charge on any atom is 0.0477 e. The van der Waals surface area contributed by atoms with E-state index >= 15 is 0 Å². The van der Waals surface area contributed by atoms with Gasteiger partial charge in [0.25, 0.3) is 0 Å². The van der Waals surface area contributed by atoms with Crippen LogP contribution in [0.5, 0.6) is 0 Å². The summed E-state index contributed by atoms with van der Waals surface area (Å²) in [6.07, 6.45) is 3.52. The highest BCUT2D eigenvalue weighted by Gasteiger charge is 2.42. The molecule has 1 atom stereocenters. The minimum absolute atomic E-state index is 0.237. The molecule has 0 bridgehead atoms. The number of hydrogen-bond acceptors (Lipinski definition) is 3. The molecule has 0 saturated carbocycles. The third-order valence-corrected chi connectivity index (χ3v) is 4.77. The van der Waals surface area contributed by atoms with Gasteiger partial charge in [0, 0.05) is 43.9 Å². The van der Waals surface area contributed by atoms with Crippen LogP contribution in [0.15, 0.2) is 0 Å². The van der Waals surface area contributed by atoms with E-state index < -0.39 is 0 Å². The number of nitrogens with one attached hydrogen (secondary N) is 1. The highest BCUT2D eigenvalue weighted by Crippen LogP contribution is 2.30. The summed E-state index contributed by atoms with van der Waals surface area (Å²) in [6.45, 7) is 14.7. The fourth-order valence-electron chi connectivity index (χ4n) is 3.02. The molecule has 1 fully saturated rings. The van der Waals surface area contributed by atoms with Crippen molar-refractivity contribution in [3.63, 3.8) is 0 Å². The first-order chi connectivity index (χ1) is 8.40. The maximum atomic E-state index is 5.23. The molecule has 3 nitrogen and oxygen atoms in total. The molecule has 1 saturated heterocycles. The predicted molar refractivity (Wildman–Crippen MR) is 78.1 cm³/mol. The molecule has 1 aliphatic rings. The van der Waals surface area contributed by atoms with Crippen LogP contribution in [0.2, 0.25) is 0 Å². The number of rotatable bonds is 6. The van der Waals surface area contributed by atoms with E-state index in [1.165, 1.54) is 12.8 Å². The number of piperazine rings is 1. The molecule has 0 aromatic carbocycles.